The molecular weight excluding hydrogens is 343 g/mol. The van der Waals surface area contributed by atoms with Crippen LogP contribution >= 0.6 is 0 Å². The van der Waals surface area contributed by atoms with Crippen LogP contribution in [0.4, 0.5) is 10.1 Å². The van der Waals surface area contributed by atoms with Crippen LogP contribution in [0.15, 0.2) is 60.2 Å². The Morgan fingerprint density at radius 1 is 0.963 bits per heavy atom. The van der Waals surface area contributed by atoms with Gasteiger partial charge in [-0.1, -0.05) is 23.8 Å². The number of hydrogen-bond acceptors (Lipinski definition) is 2. The van der Waals surface area contributed by atoms with E-state index in [2.05, 4.69) is 16.7 Å². The topological polar surface area (TPSA) is 58.2 Å². The number of halogens is 1. The van der Waals surface area contributed by atoms with Gasteiger partial charge in [0.25, 0.3) is 11.8 Å². The SMILES string of the molecule is O=C(NCCC1=CCCCC1)c1cccc(C(=O)Nc2cccc(F)c2)c1. The molecule has 0 atom stereocenters. The van der Waals surface area contributed by atoms with E-state index in [0.29, 0.717) is 23.4 Å². The zero-order chi connectivity index (χ0) is 19.1. The Kier molecular flexibility index (Phi) is 6.36. The van der Waals surface area contributed by atoms with E-state index in [1.54, 1.807) is 30.3 Å². The number of benzene rings is 2. The van der Waals surface area contributed by atoms with Gasteiger partial charge in [-0.3, -0.25) is 9.59 Å². The van der Waals surface area contributed by atoms with E-state index in [4.69, 9.17) is 0 Å². The van der Waals surface area contributed by atoms with Crippen LogP contribution in [0.1, 0.15) is 52.8 Å². The molecule has 0 spiro atoms. The molecule has 3 rings (SSSR count). The van der Waals surface area contributed by atoms with E-state index in [9.17, 15) is 14.0 Å². The molecule has 140 valence electrons. The van der Waals surface area contributed by atoms with Gasteiger partial charge in [-0.05, 0) is 68.5 Å². The van der Waals surface area contributed by atoms with Gasteiger partial charge in [-0.15, -0.1) is 0 Å². The molecule has 1 aliphatic rings. The minimum Gasteiger partial charge on any atom is -0.352 e. The first kappa shape index (κ1) is 18.8. The largest absolute Gasteiger partial charge is 0.352 e. The average Bonchev–Trinajstić information content (AvgIpc) is 2.69. The molecule has 1 aliphatic carbocycles. The van der Waals surface area contributed by atoms with Crippen molar-refractivity contribution in [1.82, 2.24) is 5.32 Å². The standard InChI is InChI=1S/C22H23FN2O2/c23-19-10-5-11-20(15-19)25-22(27)18-9-4-8-17(14-18)21(26)24-13-12-16-6-2-1-3-7-16/h4-6,8-11,14-15H,1-3,7,12-13H2,(H,24,26)(H,25,27). The lowest BCUT2D eigenvalue weighted by atomic mass is 9.97. The van der Waals surface area contributed by atoms with Crippen LogP contribution in [0.3, 0.4) is 0 Å². The Labute approximate surface area is 158 Å². The predicted octanol–water partition coefficient (Wildman–Crippen LogP) is 4.70. The van der Waals surface area contributed by atoms with Crippen molar-refractivity contribution < 1.29 is 14.0 Å². The summed E-state index contributed by atoms with van der Waals surface area (Å²) in [5.74, 6) is -1.01. The lowest BCUT2D eigenvalue weighted by Gasteiger charge is -2.13. The summed E-state index contributed by atoms with van der Waals surface area (Å²) in [6, 6.07) is 12.2. The predicted molar refractivity (Wildman–Crippen MR) is 104 cm³/mol. The van der Waals surface area contributed by atoms with Crippen LogP contribution in [0, 0.1) is 5.82 Å². The van der Waals surface area contributed by atoms with Crippen molar-refractivity contribution >= 4 is 17.5 Å². The zero-order valence-electron chi connectivity index (χ0n) is 15.1. The number of rotatable bonds is 6. The maximum atomic E-state index is 13.2. The van der Waals surface area contributed by atoms with Crippen LogP contribution in [0.25, 0.3) is 0 Å². The summed E-state index contributed by atoms with van der Waals surface area (Å²) in [7, 11) is 0. The normalized spacial score (nSPS) is 13.6. The maximum absolute atomic E-state index is 13.2. The number of hydrogen-bond donors (Lipinski definition) is 2. The molecule has 27 heavy (non-hydrogen) atoms. The molecule has 2 aromatic rings. The zero-order valence-corrected chi connectivity index (χ0v) is 15.1. The second-order valence-corrected chi connectivity index (χ2v) is 6.66. The number of allylic oxidation sites excluding steroid dienone is 1. The van der Waals surface area contributed by atoms with Gasteiger partial charge in [0.15, 0.2) is 0 Å². The van der Waals surface area contributed by atoms with Crippen LogP contribution < -0.4 is 10.6 Å². The lowest BCUT2D eigenvalue weighted by molar-refractivity contribution is 0.0954. The molecule has 0 heterocycles. The number of amides is 2. The summed E-state index contributed by atoms with van der Waals surface area (Å²) in [6.07, 6.45) is 7.86. The van der Waals surface area contributed by atoms with Gasteiger partial charge in [0.2, 0.25) is 0 Å². The molecule has 2 amide bonds. The molecular formula is C22H23FN2O2. The van der Waals surface area contributed by atoms with Crippen molar-refractivity contribution in [2.24, 2.45) is 0 Å². The van der Waals surface area contributed by atoms with E-state index in [1.165, 1.54) is 36.6 Å². The van der Waals surface area contributed by atoms with Crippen molar-refractivity contribution in [3.05, 3.63) is 77.1 Å². The van der Waals surface area contributed by atoms with E-state index < -0.39 is 5.82 Å². The molecule has 0 bridgehead atoms. The van der Waals surface area contributed by atoms with Crippen LogP contribution in [-0.2, 0) is 0 Å². The Hall–Kier alpha value is -2.95. The Morgan fingerprint density at radius 3 is 2.48 bits per heavy atom. The first-order valence-corrected chi connectivity index (χ1v) is 9.25. The molecule has 5 heteroatoms. The summed E-state index contributed by atoms with van der Waals surface area (Å²) in [4.78, 5) is 24.7. The van der Waals surface area contributed by atoms with Crippen molar-refractivity contribution in [1.29, 1.82) is 0 Å². The maximum Gasteiger partial charge on any atom is 0.255 e. The van der Waals surface area contributed by atoms with E-state index in [1.807, 2.05) is 0 Å². The molecule has 0 unspecified atom stereocenters. The van der Waals surface area contributed by atoms with Crippen LogP contribution in [0.5, 0.6) is 0 Å². The molecule has 2 N–H and O–H groups in total. The smallest absolute Gasteiger partial charge is 0.255 e. The molecule has 2 aromatic carbocycles. The van der Waals surface area contributed by atoms with Crippen molar-refractivity contribution in [2.45, 2.75) is 32.1 Å². The first-order valence-electron chi connectivity index (χ1n) is 9.25. The average molecular weight is 366 g/mol. The quantitative estimate of drug-likeness (QED) is 0.728. The third-order valence-electron chi connectivity index (χ3n) is 4.59. The van der Waals surface area contributed by atoms with Crippen LogP contribution in [0.2, 0.25) is 0 Å². The molecule has 0 radical (unpaired) electrons. The second-order valence-electron chi connectivity index (χ2n) is 6.66. The summed E-state index contributed by atoms with van der Waals surface area (Å²) in [5, 5.41) is 5.54. The highest BCUT2D eigenvalue weighted by molar-refractivity contribution is 6.06. The monoisotopic (exact) mass is 366 g/mol. The number of carbonyl (C=O) groups is 2. The Bertz CT molecular complexity index is 861. The van der Waals surface area contributed by atoms with Crippen molar-refractivity contribution in [2.75, 3.05) is 11.9 Å². The lowest BCUT2D eigenvalue weighted by Crippen LogP contribution is -2.25. The van der Waals surface area contributed by atoms with Crippen molar-refractivity contribution in [3.8, 4) is 0 Å². The van der Waals surface area contributed by atoms with E-state index in [0.717, 1.165) is 19.3 Å². The van der Waals surface area contributed by atoms with Crippen molar-refractivity contribution in [3.63, 3.8) is 0 Å². The van der Waals surface area contributed by atoms with Gasteiger partial charge in [-0.25, -0.2) is 4.39 Å². The third-order valence-corrected chi connectivity index (χ3v) is 4.59. The summed E-state index contributed by atoms with van der Waals surface area (Å²) in [6.45, 7) is 0.588. The highest BCUT2D eigenvalue weighted by Gasteiger charge is 2.11. The van der Waals surface area contributed by atoms with E-state index >= 15 is 0 Å². The number of nitrogens with one attached hydrogen (secondary N) is 2. The summed E-state index contributed by atoms with van der Waals surface area (Å²) >= 11 is 0. The molecule has 4 nitrogen and oxygen atoms in total. The van der Waals surface area contributed by atoms with Crippen LogP contribution in [-0.4, -0.2) is 18.4 Å². The molecule has 0 saturated carbocycles. The van der Waals surface area contributed by atoms with Gasteiger partial charge < -0.3 is 10.6 Å². The van der Waals surface area contributed by atoms with E-state index in [-0.39, 0.29) is 11.8 Å². The Balaban J connectivity index is 1.58. The highest BCUT2D eigenvalue weighted by Crippen LogP contribution is 2.19. The number of carbonyl (C=O) groups excluding carboxylic acids is 2. The number of anilines is 1. The fourth-order valence-corrected chi connectivity index (χ4v) is 3.14. The molecule has 0 saturated heterocycles. The fourth-order valence-electron chi connectivity index (χ4n) is 3.14. The minimum absolute atomic E-state index is 0.202. The fraction of sp³-hybridized carbons (Fsp3) is 0.273. The Morgan fingerprint density at radius 2 is 1.74 bits per heavy atom. The summed E-state index contributed by atoms with van der Waals surface area (Å²) < 4.78 is 13.2. The summed E-state index contributed by atoms with van der Waals surface area (Å²) in [5.41, 5.74) is 2.56. The second kappa shape index (κ2) is 9.12. The molecule has 0 fully saturated rings. The first-order chi connectivity index (χ1) is 13.1. The van der Waals surface area contributed by atoms with Gasteiger partial charge in [0.1, 0.15) is 5.82 Å². The third kappa shape index (κ3) is 5.51. The molecule has 0 aromatic heterocycles. The van der Waals surface area contributed by atoms with Gasteiger partial charge in [-0.2, -0.15) is 0 Å². The minimum atomic E-state index is -0.422. The van der Waals surface area contributed by atoms with Gasteiger partial charge in [0.05, 0.1) is 0 Å². The highest BCUT2D eigenvalue weighted by atomic mass is 19.1. The molecule has 0 aliphatic heterocycles. The van der Waals surface area contributed by atoms with Gasteiger partial charge >= 0.3 is 0 Å². The van der Waals surface area contributed by atoms with Gasteiger partial charge in [0, 0.05) is 23.4 Å².